The van der Waals surface area contributed by atoms with Gasteiger partial charge in [-0.25, -0.2) is 8.42 Å². The highest BCUT2D eigenvalue weighted by Crippen LogP contribution is 2.38. The summed E-state index contributed by atoms with van der Waals surface area (Å²) in [5.41, 5.74) is 4.76. The molecule has 2 aromatic rings. The molecule has 29 heavy (non-hydrogen) atoms. The molecular weight excluding hydrogens is 435 g/mol. The third-order valence-electron chi connectivity index (χ3n) is 5.00. The van der Waals surface area contributed by atoms with Crippen LogP contribution in [0.5, 0.6) is 5.75 Å². The number of halogens is 2. The molecule has 0 saturated carbocycles. The zero-order valence-corrected chi connectivity index (χ0v) is 18.0. The molecule has 0 bridgehead atoms. The Morgan fingerprint density at radius 3 is 2.55 bits per heavy atom. The first kappa shape index (κ1) is 21.9. The van der Waals surface area contributed by atoms with Crippen LogP contribution >= 0.6 is 23.2 Å². The number of hydrogen-bond acceptors (Lipinski definition) is 4. The van der Waals surface area contributed by atoms with Crippen molar-refractivity contribution in [3.8, 4) is 5.75 Å². The van der Waals surface area contributed by atoms with Crippen molar-refractivity contribution in [3.05, 3.63) is 58.6 Å². The number of hydrogen-bond donors (Lipinski definition) is 1. The van der Waals surface area contributed by atoms with E-state index >= 15 is 0 Å². The minimum absolute atomic E-state index is 0.0132. The first-order valence-electron chi connectivity index (χ1n) is 9.14. The number of amides is 1. The van der Waals surface area contributed by atoms with Gasteiger partial charge < -0.3 is 10.5 Å². The summed E-state index contributed by atoms with van der Waals surface area (Å²) in [4.78, 5) is 11.7. The SMILES string of the molecule is NC(=O)C[C@@]1(COc2ccccc2)CCCN(S(=O)(=O)c2cccc(Cl)c2Cl)C1. The summed E-state index contributed by atoms with van der Waals surface area (Å²) < 4.78 is 33.7. The van der Waals surface area contributed by atoms with Gasteiger partial charge in [0.2, 0.25) is 15.9 Å². The molecule has 0 radical (unpaired) electrons. The number of carbonyl (C=O) groups excluding carboxylic acids is 1. The van der Waals surface area contributed by atoms with Gasteiger partial charge in [-0.3, -0.25) is 4.79 Å². The number of carbonyl (C=O) groups is 1. The molecule has 1 atom stereocenters. The summed E-state index contributed by atoms with van der Waals surface area (Å²) in [7, 11) is -3.90. The van der Waals surface area contributed by atoms with E-state index in [1.54, 1.807) is 18.2 Å². The van der Waals surface area contributed by atoms with E-state index in [0.717, 1.165) is 0 Å². The van der Waals surface area contributed by atoms with Crippen molar-refractivity contribution in [1.29, 1.82) is 0 Å². The Labute approximate surface area is 180 Å². The van der Waals surface area contributed by atoms with E-state index in [0.29, 0.717) is 25.1 Å². The average molecular weight is 457 g/mol. The molecule has 1 heterocycles. The highest BCUT2D eigenvalue weighted by Gasteiger charge is 2.42. The van der Waals surface area contributed by atoms with Crippen LogP contribution in [0.3, 0.4) is 0 Å². The predicted molar refractivity (Wildman–Crippen MR) is 113 cm³/mol. The Kier molecular flexibility index (Phi) is 6.73. The number of sulfonamides is 1. The topological polar surface area (TPSA) is 89.7 Å². The van der Waals surface area contributed by atoms with Crippen molar-refractivity contribution >= 4 is 39.1 Å². The van der Waals surface area contributed by atoms with Crippen LogP contribution in [0.2, 0.25) is 10.0 Å². The Bertz CT molecular complexity index is 985. The molecule has 1 amide bonds. The molecule has 156 valence electrons. The summed E-state index contributed by atoms with van der Waals surface area (Å²) in [5, 5.41) is 0.154. The van der Waals surface area contributed by atoms with Gasteiger partial charge in [-0.15, -0.1) is 0 Å². The van der Waals surface area contributed by atoms with E-state index in [4.69, 9.17) is 33.7 Å². The lowest BCUT2D eigenvalue weighted by molar-refractivity contribution is -0.121. The first-order valence-corrected chi connectivity index (χ1v) is 11.3. The van der Waals surface area contributed by atoms with Crippen molar-refractivity contribution in [3.63, 3.8) is 0 Å². The van der Waals surface area contributed by atoms with Gasteiger partial charge in [0.15, 0.2) is 0 Å². The second kappa shape index (κ2) is 8.92. The molecule has 3 rings (SSSR count). The van der Waals surface area contributed by atoms with Crippen LogP contribution in [-0.2, 0) is 14.8 Å². The molecule has 1 aliphatic rings. The Morgan fingerprint density at radius 2 is 1.86 bits per heavy atom. The fourth-order valence-corrected chi connectivity index (χ4v) is 5.95. The predicted octanol–water partition coefficient (Wildman–Crippen LogP) is 3.72. The van der Waals surface area contributed by atoms with Crippen molar-refractivity contribution in [2.24, 2.45) is 11.1 Å². The molecule has 2 N–H and O–H groups in total. The van der Waals surface area contributed by atoms with Crippen molar-refractivity contribution in [2.75, 3.05) is 19.7 Å². The normalized spacial score (nSPS) is 20.3. The van der Waals surface area contributed by atoms with Gasteiger partial charge in [0.1, 0.15) is 10.6 Å². The van der Waals surface area contributed by atoms with Gasteiger partial charge in [-0.1, -0.05) is 47.5 Å². The lowest BCUT2D eigenvalue weighted by Crippen LogP contribution is -2.50. The molecule has 1 saturated heterocycles. The highest BCUT2D eigenvalue weighted by molar-refractivity contribution is 7.89. The number of rotatable bonds is 7. The van der Waals surface area contributed by atoms with Gasteiger partial charge in [0.25, 0.3) is 0 Å². The fourth-order valence-electron chi connectivity index (χ4n) is 3.63. The van der Waals surface area contributed by atoms with E-state index in [9.17, 15) is 13.2 Å². The minimum Gasteiger partial charge on any atom is -0.493 e. The maximum Gasteiger partial charge on any atom is 0.244 e. The van der Waals surface area contributed by atoms with Gasteiger partial charge in [-0.05, 0) is 37.1 Å². The van der Waals surface area contributed by atoms with Crippen molar-refractivity contribution in [1.82, 2.24) is 4.31 Å². The van der Waals surface area contributed by atoms with E-state index < -0.39 is 21.3 Å². The second-order valence-electron chi connectivity index (χ2n) is 7.24. The average Bonchev–Trinajstić information content (AvgIpc) is 2.69. The Hall–Kier alpha value is -1.80. The van der Waals surface area contributed by atoms with Gasteiger partial charge in [0.05, 0.1) is 16.7 Å². The summed E-state index contributed by atoms with van der Waals surface area (Å²) >= 11 is 12.2. The Balaban J connectivity index is 1.87. The molecule has 0 spiro atoms. The van der Waals surface area contributed by atoms with Crippen molar-refractivity contribution < 1.29 is 17.9 Å². The lowest BCUT2D eigenvalue weighted by Gasteiger charge is -2.41. The van der Waals surface area contributed by atoms with Crippen molar-refractivity contribution in [2.45, 2.75) is 24.2 Å². The minimum atomic E-state index is -3.90. The zero-order valence-electron chi connectivity index (χ0n) is 15.7. The van der Waals surface area contributed by atoms with Crippen LogP contribution in [-0.4, -0.2) is 38.3 Å². The van der Waals surface area contributed by atoms with Crippen LogP contribution in [0, 0.1) is 5.41 Å². The monoisotopic (exact) mass is 456 g/mol. The number of para-hydroxylation sites is 1. The zero-order chi connectivity index (χ0) is 21.1. The van der Waals surface area contributed by atoms with Crippen LogP contribution in [0.15, 0.2) is 53.4 Å². The van der Waals surface area contributed by atoms with E-state index in [1.165, 1.54) is 16.4 Å². The number of primary amides is 1. The standard InChI is InChI=1S/C20H22Cl2N2O4S/c21-16-8-4-9-17(19(16)22)29(26,27)24-11-5-10-20(13-24,12-18(23)25)14-28-15-6-2-1-3-7-15/h1-4,6-9H,5,10-14H2,(H2,23,25)/t20-/m0/s1. The fraction of sp³-hybridized carbons (Fsp3) is 0.350. The third kappa shape index (κ3) is 5.04. The molecule has 0 aliphatic carbocycles. The third-order valence-corrected chi connectivity index (χ3v) is 7.82. The van der Waals surface area contributed by atoms with Crippen LogP contribution < -0.4 is 10.5 Å². The number of ether oxygens (including phenoxy) is 1. The molecule has 6 nitrogen and oxygen atoms in total. The molecule has 1 aliphatic heterocycles. The van der Waals surface area contributed by atoms with Crippen LogP contribution in [0.25, 0.3) is 0 Å². The van der Waals surface area contributed by atoms with E-state index in [2.05, 4.69) is 0 Å². The smallest absolute Gasteiger partial charge is 0.244 e. The van der Waals surface area contributed by atoms with E-state index in [1.807, 2.05) is 18.2 Å². The molecule has 9 heteroatoms. The quantitative estimate of drug-likeness (QED) is 0.687. The largest absolute Gasteiger partial charge is 0.493 e. The summed E-state index contributed by atoms with van der Waals surface area (Å²) in [6, 6.07) is 13.7. The lowest BCUT2D eigenvalue weighted by atomic mass is 9.78. The number of piperidine rings is 1. The van der Waals surface area contributed by atoms with Gasteiger partial charge in [-0.2, -0.15) is 4.31 Å². The molecular formula is C20H22Cl2N2O4S. The maximum absolute atomic E-state index is 13.2. The van der Waals surface area contributed by atoms with Gasteiger partial charge in [0, 0.05) is 24.9 Å². The van der Waals surface area contributed by atoms with E-state index in [-0.39, 0.29) is 34.5 Å². The molecule has 1 fully saturated rings. The second-order valence-corrected chi connectivity index (χ2v) is 9.93. The molecule has 0 unspecified atom stereocenters. The first-order chi connectivity index (χ1) is 13.7. The summed E-state index contributed by atoms with van der Waals surface area (Å²) in [6.45, 7) is 0.597. The number of benzene rings is 2. The number of nitrogens with two attached hydrogens (primary N) is 1. The number of nitrogens with zero attached hydrogens (tertiary/aromatic N) is 1. The molecule has 2 aromatic carbocycles. The maximum atomic E-state index is 13.2. The van der Waals surface area contributed by atoms with Gasteiger partial charge >= 0.3 is 0 Å². The summed E-state index contributed by atoms with van der Waals surface area (Å²) in [5.74, 6) is 0.149. The van der Waals surface area contributed by atoms with Crippen LogP contribution in [0.1, 0.15) is 19.3 Å². The Morgan fingerprint density at radius 1 is 1.14 bits per heavy atom. The summed E-state index contributed by atoms with van der Waals surface area (Å²) in [6.07, 6.45) is 1.22. The van der Waals surface area contributed by atoms with Crippen LogP contribution in [0.4, 0.5) is 0 Å². The molecule has 0 aromatic heterocycles. The highest BCUT2D eigenvalue weighted by atomic mass is 35.5.